The summed E-state index contributed by atoms with van der Waals surface area (Å²) in [7, 11) is 0. The zero-order chi connectivity index (χ0) is 21.6. The highest BCUT2D eigenvalue weighted by atomic mass is 32.2. The van der Waals surface area contributed by atoms with Gasteiger partial charge >= 0.3 is 0 Å². The fraction of sp³-hybridized carbons (Fsp3) is 0.136. The lowest BCUT2D eigenvalue weighted by atomic mass is 10.2. The lowest BCUT2D eigenvalue weighted by Gasteiger charge is -2.14. The highest BCUT2D eigenvalue weighted by Gasteiger charge is 2.34. The minimum Gasteiger partial charge on any atom is -0.350 e. The standard InChI is InChI=1S/C22H18N2O3S4/c25-20(17-7-1-2-8-18(17)30-14-16-6-4-12-29-16)23-9-10-24-21(26)19(31-22(24)27)13-15-5-3-11-28-15/h1-8,11-13H,9-10,14H2,(H,23,25). The average molecular weight is 487 g/mol. The lowest BCUT2D eigenvalue weighted by Crippen LogP contribution is -2.37. The first-order valence-corrected chi connectivity index (χ1v) is 13.0. The Balaban J connectivity index is 1.33. The third kappa shape index (κ3) is 5.48. The lowest BCUT2D eigenvalue weighted by molar-refractivity contribution is -0.122. The fourth-order valence-corrected chi connectivity index (χ4v) is 6.31. The van der Waals surface area contributed by atoms with Crippen LogP contribution in [0.15, 0.2) is 69.1 Å². The van der Waals surface area contributed by atoms with E-state index in [2.05, 4.69) is 11.4 Å². The first kappa shape index (κ1) is 21.9. The van der Waals surface area contributed by atoms with Gasteiger partial charge in [-0.15, -0.1) is 34.4 Å². The molecule has 3 heterocycles. The number of hydrogen-bond donors (Lipinski definition) is 1. The number of amides is 3. The van der Waals surface area contributed by atoms with Gasteiger partial charge in [-0.25, -0.2) is 0 Å². The van der Waals surface area contributed by atoms with Crippen LogP contribution < -0.4 is 5.32 Å². The first-order chi connectivity index (χ1) is 15.1. The van der Waals surface area contributed by atoms with Gasteiger partial charge in [0, 0.05) is 33.5 Å². The number of hydrogen-bond acceptors (Lipinski definition) is 7. The molecule has 3 aromatic rings. The molecule has 4 rings (SSSR count). The molecule has 31 heavy (non-hydrogen) atoms. The van der Waals surface area contributed by atoms with Crippen molar-refractivity contribution in [3.63, 3.8) is 0 Å². The molecule has 0 radical (unpaired) electrons. The molecule has 158 valence electrons. The Morgan fingerprint density at radius 3 is 2.61 bits per heavy atom. The summed E-state index contributed by atoms with van der Waals surface area (Å²) < 4.78 is 0. The molecule has 1 aliphatic rings. The van der Waals surface area contributed by atoms with Crippen molar-refractivity contribution in [2.24, 2.45) is 0 Å². The maximum Gasteiger partial charge on any atom is 0.293 e. The number of carbonyl (C=O) groups is 3. The Bertz CT molecular complexity index is 1110. The van der Waals surface area contributed by atoms with Gasteiger partial charge in [-0.1, -0.05) is 24.3 Å². The Hall–Kier alpha value is -2.33. The topological polar surface area (TPSA) is 66.5 Å². The second-order valence-electron chi connectivity index (χ2n) is 6.47. The van der Waals surface area contributed by atoms with E-state index in [1.54, 1.807) is 35.2 Å². The van der Waals surface area contributed by atoms with Crippen molar-refractivity contribution in [1.82, 2.24) is 10.2 Å². The third-order valence-electron chi connectivity index (χ3n) is 4.39. The number of carbonyl (C=O) groups excluding carboxylic acids is 3. The van der Waals surface area contributed by atoms with Crippen LogP contribution in [0.25, 0.3) is 6.08 Å². The van der Waals surface area contributed by atoms with Crippen LogP contribution in [0.2, 0.25) is 0 Å². The number of benzene rings is 1. The quantitative estimate of drug-likeness (QED) is 0.333. The highest BCUT2D eigenvalue weighted by Crippen LogP contribution is 2.32. The van der Waals surface area contributed by atoms with Crippen molar-refractivity contribution < 1.29 is 14.4 Å². The smallest absolute Gasteiger partial charge is 0.293 e. The molecule has 0 unspecified atom stereocenters. The van der Waals surface area contributed by atoms with E-state index in [1.165, 1.54) is 21.1 Å². The Morgan fingerprint density at radius 2 is 1.84 bits per heavy atom. The van der Waals surface area contributed by atoms with Crippen molar-refractivity contribution >= 4 is 69.3 Å². The summed E-state index contributed by atoms with van der Waals surface area (Å²) in [6, 6.07) is 15.3. The summed E-state index contributed by atoms with van der Waals surface area (Å²) >= 11 is 5.75. The van der Waals surface area contributed by atoms with Crippen molar-refractivity contribution in [3.8, 4) is 0 Å². The molecule has 5 nitrogen and oxygen atoms in total. The van der Waals surface area contributed by atoms with Crippen LogP contribution in [-0.4, -0.2) is 35.0 Å². The van der Waals surface area contributed by atoms with Crippen molar-refractivity contribution in [1.29, 1.82) is 0 Å². The normalized spacial score (nSPS) is 15.1. The van der Waals surface area contributed by atoms with Crippen LogP contribution in [0.3, 0.4) is 0 Å². The van der Waals surface area contributed by atoms with Gasteiger partial charge < -0.3 is 5.32 Å². The Morgan fingerprint density at radius 1 is 1.03 bits per heavy atom. The maximum atomic E-state index is 12.7. The summed E-state index contributed by atoms with van der Waals surface area (Å²) in [5, 5.41) is 6.48. The molecule has 0 saturated carbocycles. The molecule has 9 heteroatoms. The van der Waals surface area contributed by atoms with E-state index in [4.69, 9.17) is 0 Å². The largest absolute Gasteiger partial charge is 0.350 e. The molecule has 0 bridgehead atoms. The van der Waals surface area contributed by atoms with Gasteiger partial charge in [-0.3, -0.25) is 19.3 Å². The van der Waals surface area contributed by atoms with Crippen molar-refractivity contribution in [3.05, 3.63) is 79.5 Å². The molecule has 0 atom stereocenters. The summed E-state index contributed by atoms with van der Waals surface area (Å²) in [6.45, 7) is 0.343. The number of imide groups is 1. The van der Waals surface area contributed by atoms with Crippen molar-refractivity contribution in [2.45, 2.75) is 10.6 Å². The monoisotopic (exact) mass is 486 g/mol. The van der Waals surface area contributed by atoms with Gasteiger partial charge in [0.15, 0.2) is 0 Å². The zero-order valence-electron chi connectivity index (χ0n) is 16.3. The molecular formula is C22H18N2O3S4. The van der Waals surface area contributed by atoms with Crippen LogP contribution in [0.4, 0.5) is 4.79 Å². The van der Waals surface area contributed by atoms with E-state index >= 15 is 0 Å². The third-order valence-corrected chi connectivity index (χ3v) is 8.30. The first-order valence-electron chi connectivity index (χ1n) is 9.43. The van der Waals surface area contributed by atoms with E-state index in [0.29, 0.717) is 10.5 Å². The molecular weight excluding hydrogens is 469 g/mol. The number of thiophene rings is 2. The number of nitrogens with one attached hydrogen (secondary N) is 1. The highest BCUT2D eigenvalue weighted by molar-refractivity contribution is 8.18. The minimum atomic E-state index is -0.315. The van der Waals surface area contributed by atoms with Crippen LogP contribution in [-0.2, 0) is 10.5 Å². The molecule has 3 amide bonds. The van der Waals surface area contributed by atoms with Crippen LogP contribution >= 0.6 is 46.2 Å². The molecule has 1 aromatic carbocycles. The van der Waals surface area contributed by atoms with Gasteiger partial charge in [0.05, 0.1) is 10.5 Å². The van der Waals surface area contributed by atoms with Gasteiger partial charge in [0.25, 0.3) is 17.1 Å². The number of thioether (sulfide) groups is 2. The zero-order valence-corrected chi connectivity index (χ0v) is 19.5. The SMILES string of the molecule is O=C(NCCN1C(=O)SC(=Cc2cccs2)C1=O)c1ccccc1SCc1cccs1. The van der Waals surface area contributed by atoms with E-state index < -0.39 is 0 Å². The van der Waals surface area contributed by atoms with E-state index in [0.717, 1.165) is 27.3 Å². The number of nitrogens with zero attached hydrogens (tertiary/aromatic N) is 1. The van der Waals surface area contributed by atoms with Gasteiger partial charge in [0.2, 0.25) is 0 Å². The minimum absolute atomic E-state index is 0.142. The molecule has 1 N–H and O–H groups in total. The van der Waals surface area contributed by atoms with Crippen LogP contribution in [0.1, 0.15) is 20.1 Å². The van der Waals surface area contributed by atoms with E-state index in [9.17, 15) is 14.4 Å². The molecule has 1 fully saturated rings. The molecule has 2 aromatic heterocycles. The second-order valence-corrected chi connectivity index (χ2v) is 10.5. The van der Waals surface area contributed by atoms with Crippen LogP contribution in [0.5, 0.6) is 0 Å². The average Bonchev–Trinajstić information content (AvgIpc) is 3.52. The van der Waals surface area contributed by atoms with Crippen molar-refractivity contribution in [2.75, 3.05) is 13.1 Å². The Labute approximate surface area is 196 Å². The van der Waals surface area contributed by atoms with Gasteiger partial charge in [-0.05, 0) is 52.9 Å². The number of rotatable bonds is 8. The second kappa shape index (κ2) is 10.3. The van der Waals surface area contributed by atoms with E-state index in [1.807, 2.05) is 47.2 Å². The summed E-state index contributed by atoms with van der Waals surface area (Å²) in [5.74, 6) is 0.273. The van der Waals surface area contributed by atoms with Crippen LogP contribution in [0, 0.1) is 0 Å². The summed E-state index contributed by atoms with van der Waals surface area (Å²) in [4.78, 5) is 42.2. The Kier molecular flexibility index (Phi) is 7.29. The van der Waals surface area contributed by atoms with Gasteiger partial charge in [-0.2, -0.15) is 0 Å². The molecule has 0 aliphatic carbocycles. The predicted octanol–water partition coefficient (Wildman–Crippen LogP) is 5.57. The molecule has 0 spiro atoms. The summed E-state index contributed by atoms with van der Waals surface area (Å²) in [5.41, 5.74) is 0.593. The maximum absolute atomic E-state index is 12.7. The molecule has 1 saturated heterocycles. The predicted molar refractivity (Wildman–Crippen MR) is 130 cm³/mol. The fourth-order valence-electron chi connectivity index (χ4n) is 2.90. The van der Waals surface area contributed by atoms with E-state index in [-0.39, 0.29) is 30.1 Å². The van der Waals surface area contributed by atoms with Gasteiger partial charge in [0.1, 0.15) is 0 Å². The molecule has 1 aliphatic heterocycles. The summed E-state index contributed by atoms with van der Waals surface area (Å²) in [6.07, 6.45) is 1.73.